The maximum atomic E-state index is 6.53. The van der Waals surface area contributed by atoms with E-state index >= 15 is 0 Å². The summed E-state index contributed by atoms with van der Waals surface area (Å²) < 4.78 is 8.99. The van der Waals surface area contributed by atoms with E-state index in [-0.39, 0.29) is 12.1 Å². The van der Waals surface area contributed by atoms with Crippen LogP contribution in [-0.2, 0) is 5.41 Å². The van der Waals surface area contributed by atoms with Gasteiger partial charge in [-0.25, -0.2) is 0 Å². The number of nitrogens with zero attached hydrogens (tertiary/aromatic N) is 3. The van der Waals surface area contributed by atoms with Crippen LogP contribution in [0.5, 0.6) is 0 Å². The fraction of sp³-hybridized carbons (Fsp3) is 0.0571. The molecule has 0 spiro atoms. The van der Waals surface area contributed by atoms with Crippen LogP contribution in [0.25, 0.3) is 82.8 Å². The van der Waals surface area contributed by atoms with Crippen molar-refractivity contribution < 1.29 is 4.42 Å². The average molecular weight is 960 g/mol. The number of anilines is 6. The van der Waals surface area contributed by atoms with Gasteiger partial charge >= 0.3 is 0 Å². The van der Waals surface area contributed by atoms with Gasteiger partial charge in [-0.1, -0.05) is 203 Å². The van der Waals surface area contributed by atoms with Gasteiger partial charge in [0.15, 0.2) is 0 Å². The minimum Gasteiger partial charge on any atom is -0.456 e. The maximum Gasteiger partial charge on any atom is 0.252 e. The molecule has 4 nitrogen and oxygen atoms in total. The van der Waals surface area contributed by atoms with Gasteiger partial charge in [-0.05, 0) is 116 Å². The second kappa shape index (κ2) is 16.6. The highest BCUT2D eigenvalue weighted by molar-refractivity contribution is 7.00. The molecule has 11 aromatic carbocycles. The number of fused-ring (bicyclic) bond motifs is 10. The largest absolute Gasteiger partial charge is 0.456 e. The monoisotopic (exact) mass is 959 g/mol. The second-order valence-corrected chi connectivity index (χ2v) is 21.2. The first kappa shape index (κ1) is 43.3. The minimum atomic E-state index is -0.197. The first-order valence-electron chi connectivity index (χ1n) is 26.1. The van der Waals surface area contributed by atoms with Crippen molar-refractivity contribution in [2.45, 2.75) is 26.2 Å². The molecule has 0 amide bonds. The molecule has 354 valence electrons. The number of hydrogen-bond acceptors (Lipinski definition) is 3. The Labute approximate surface area is 437 Å². The Morgan fingerprint density at radius 1 is 0.360 bits per heavy atom. The van der Waals surface area contributed by atoms with Gasteiger partial charge in [0.05, 0.1) is 22.4 Å². The van der Waals surface area contributed by atoms with Gasteiger partial charge in [0.25, 0.3) is 6.71 Å². The summed E-state index contributed by atoms with van der Waals surface area (Å²) in [5.41, 5.74) is 24.1. The molecule has 0 saturated carbocycles. The lowest BCUT2D eigenvalue weighted by Crippen LogP contribution is -2.61. The number of furan rings is 1. The molecule has 4 heterocycles. The molecule has 2 aliphatic heterocycles. The fourth-order valence-corrected chi connectivity index (χ4v) is 12.5. The Morgan fingerprint density at radius 3 is 1.53 bits per heavy atom. The molecule has 2 aliphatic rings. The van der Waals surface area contributed by atoms with Crippen LogP contribution in [0.2, 0.25) is 0 Å². The molecular weight excluding hydrogens is 910 g/mol. The first-order valence-corrected chi connectivity index (χ1v) is 26.1. The van der Waals surface area contributed by atoms with Crippen LogP contribution in [0, 0.1) is 0 Å². The van der Waals surface area contributed by atoms with E-state index in [0.29, 0.717) is 0 Å². The topological polar surface area (TPSA) is 24.6 Å². The van der Waals surface area contributed by atoms with Gasteiger partial charge in [-0.2, -0.15) is 0 Å². The van der Waals surface area contributed by atoms with E-state index in [9.17, 15) is 0 Å². The average Bonchev–Trinajstić information content (AvgIpc) is 4.03. The van der Waals surface area contributed by atoms with Crippen molar-refractivity contribution in [1.29, 1.82) is 0 Å². The molecule has 0 fully saturated rings. The van der Waals surface area contributed by atoms with Crippen molar-refractivity contribution in [3.8, 4) is 39.1 Å². The van der Waals surface area contributed by atoms with Crippen LogP contribution >= 0.6 is 0 Å². The minimum absolute atomic E-state index is 0.137. The zero-order valence-corrected chi connectivity index (χ0v) is 42.0. The lowest BCUT2D eigenvalue weighted by atomic mass is 9.33. The molecule has 13 aromatic rings. The lowest BCUT2D eigenvalue weighted by Gasteiger charge is -2.46. The van der Waals surface area contributed by atoms with E-state index in [1.807, 2.05) is 0 Å². The van der Waals surface area contributed by atoms with Crippen LogP contribution in [0.15, 0.2) is 253 Å². The third kappa shape index (κ3) is 6.64. The second-order valence-electron chi connectivity index (χ2n) is 21.2. The Bertz CT molecular complexity index is 4380. The summed E-state index contributed by atoms with van der Waals surface area (Å²) in [4.78, 5) is 5.19. The van der Waals surface area contributed by atoms with E-state index in [0.717, 1.165) is 61.5 Å². The predicted octanol–water partition coefficient (Wildman–Crippen LogP) is 17.1. The van der Waals surface area contributed by atoms with E-state index in [4.69, 9.17) is 4.42 Å². The van der Waals surface area contributed by atoms with Crippen molar-refractivity contribution in [3.63, 3.8) is 0 Å². The summed E-state index contributed by atoms with van der Waals surface area (Å²) in [6.45, 7) is 6.92. The number of para-hydroxylation sites is 5. The molecule has 0 saturated heterocycles. The quantitative estimate of drug-likeness (QED) is 0.155. The smallest absolute Gasteiger partial charge is 0.252 e. The summed E-state index contributed by atoms with van der Waals surface area (Å²) in [5, 5.41) is 4.74. The number of benzene rings is 11. The normalized spacial score (nSPS) is 12.9. The van der Waals surface area contributed by atoms with Gasteiger partial charge in [0.2, 0.25) is 0 Å². The third-order valence-electron chi connectivity index (χ3n) is 15.9. The molecular formula is C70H50BN3O. The van der Waals surface area contributed by atoms with Gasteiger partial charge in [-0.15, -0.1) is 0 Å². The first-order chi connectivity index (χ1) is 36.9. The van der Waals surface area contributed by atoms with Gasteiger partial charge < -0.3 is 18.8 Å². The van der Waals surface area contributed by atoms with Gasteiger partial charge in [0, 0.05) is 61.1 Å². The highest BCUT2D eigenvalue weighted by Gasteiger charge is 2.45. The SMILES string of the molecule is CC(C)(C)c1cc2c3c(c1)N(c1ccccc1-c1ccccc1)c1cc(-n4c5ccccc5c5ccccc54)ccc1B3c1cc(-c3cccc4oc5ccccc5c34)ccc1N2c1ccccc1-c1ccccc1. The molecule has 0 unspecified atom stereocenters. The van der Waals surface area contributed by atoms with Gasteiger partial charge in [-0.3, -0.25) is 0 Å². The zero-order chi connectivity index (χ0) is 49.9. The molecule has 5 heteroatoms. The molecule has 0 aliphatic carbocycles. The molecule has 0 atom stereocenters. The number of aromatic nitrogens is 1. The highest BCUT2D eigenvalue weighted by atomic mass is 16.3. The predicted molar refractivity (Wildman–Crippen MR) is 317 cm³/mol. The Hall–Kier alpha value is -9.32. The molecule has 0 bridgehead atoms. The molecule has 15 rings (SSSR count). The van der Waals surface area contributed by atoms with Crippen molar-refractivity contribution in [2.75, 3.05) is 9.80 Å². The zero-order valence-electron chi connectivity index (χ0n) is 42.0. The molecule has 0 radical (unpaired) electrons. The Balaban J connectivity index is 1.08. The van der Waals surface area contributed by atoms with Gasteiger partial charge in [0.1, 0.15) is 11.2 Å². The van der Waals surface area contributed by atoms with Crippen LogP contribution in [-0.4, -0.2) is 11.3 Å². The van der Waals surface area contributed by atoms with E-state index in [2.05, 4.69) is 284 Å². The van der Waals surface area contributed by atoms with E-state index in [1.165, 1.54) is 77.4 Å². The number of hydrogen-bond donors (Lipinski definition) is 0. The summed E-state index contributed by atoms with van der Waals surface area (Å²) in [6, 6.07) is 91.8. The van der Waals surface area contributed by atoms with Crippen molar-refractivity contribution in [2.24, 2.45) is 0 Å². The fourth-order valence-electron chi connectivity index (χ4n) is 12.5. The summed E-state index contributed by atoms with van der Waals surface area (Å²) in [7, 11) is 0. The number of rotatable bonds is 6. The van der Waals surface area contributed by atoms with Crippen LogP contribution < -0.4 is 26.2 Å². The van der Waals surface area contributed by atoms with Crippen LogP contribution in [0.4, 0.5) is 34.1 Å². The molecule has 75 heavy (non-hydrogen) atoms. The summed E-state index contributed by atoms with van der Waals surface area (Å²) >= 11 is 0. The lowest BCUT2D eigenvalue weighted by molar-refractivity contribution is 0.590. The van der Waals surface area contributed by atoms with Crippen molar-refractivity contribution >= 4 is 101 Å². The van der Waals surface area contributed by atoms with Crippen molar-refractivity contribution in [3.05, 3.63) is 254 Å². The molecule has 2 aromatic heterocycles. The van der Waals surface area contributed by atoms with Crippen molar-refractivity contribution in [1.82, 2.24) is 4.57 Å². The Kier molecular flexibility index (Phi) is 9.58. The van der Waals surface area contributed by atoms with Crippen LogP contribution in [0.3, 0.4) is 0 Å². The summed E-state index contributed by atoms with van der Waals surface area (Å²) in [6.07, 6.45) is 0. The van der Waals surface area contributed by atoms with Crippen LogP contribution in [0.1, 0.15) is 26.3 Å². The maximum absolute atomic E-state index is 6.53. The standard InChI is InChI=1S/C70H50BN3O/c1-70(2,3)48-42-64-69-65(43-48)74(59-32-16-11-26-51(59)46-23-8-5-9-24-46)63-44-49(72-60-33-17-12-27-53(60)54-28-13-18-34-61(54)72)38-39-56(63)71(69)57-41-47(52-30-20-36-67-68(52)55-29-14-19-35-66(55)75-67)37-40-62(57)73(64)58-31-15-10-25-50(58)45-21-6-4-7-22-45/h4-44H,1-3H3. The highest BCUT2D eigenvalue weighted by Crippen LogP contribution is 2.50. The summed E-state index contributed by atoms with van der Waals surface area (Å²) in [5.74, 6) is 0. The van der Waals surface area contributed by atoms with E-state index < -0.39 is 0 Å². The van der Waals surface area contributed by atoms with E-state index in [1.54, 1.807) is 0 Å². The Morgan fingerprint density at radius 2 is 0.893 bits per heavy atom. The molecule has 0 N–H and O–H groups in total. The third-order valence-corrected chi connectivity index (χ3v) is 15.9.